The fourth-order valence-electron chi connectivity index (χ4n) is 2.09. The minimum Gasteiger partial charge on any atom is -0.481 e. The van der Waals surface area contributed by atoms with Gasteiger partial charge in [-0.2, -0.15) is 0 Å². The number of carbonyl (C=O) groups is 2. The highest BCUT2D eigenvalue weighted by Gasteiger charge is 2.09. The first-order valence-corrected chi connectivity index (χ1v) is 8.01. The Bertz CT molecular complexity index is 685. The van der Waals surface area contributed by atoms with Crippen molar-refractivity contribution >= 4 is 40.2 Å². The number of amides is 1. The van der Waals surface area contributed by atoms with Crippen molar-refractivity contribution in [3.63, 3.8) is 0 Å². The van der Waals surface area contributed by atoms with E-state index in [0.717, 1.165) is 14.8 Å². The molecule has 0 saturated carbocycles. The zero-order valence-corrected chi connectivity index (χ0v) is 14.0. The van der Waals surface area contributed by atoms with E-state index in [0.29, 0.717) is 18.4 Å². The Hall–Kier alpha value is -1.89. The van der Waals surface area contributed by atoms with Crippen LogP contribution in [0.4, 0.5) is 5.69 Å². The monoisotopic (exact) mass is 409 g/mol. The van der Waals surface area contributed by atoms with E-state index in [1.165, 1.54) is 0 Å². The van der Waals surface area contributed by atoms with Gasteiger partial charge < -0.3 is 10.4 Å². The van der Waals surface area contributed by atoms with Crippen LogP contribution in [0.2, 0.25) is 0 Å². The molecule has 2 aromatic carbocycles. The molecule has 22 heavy (non-hydrogen) atoms. The van der Waals surface area contributed by atoms with Crippen LogP contribution in [-0.4, -0.2) is 17.0 Å². The lowest BCUT2D eigenvalue weighted by Crippen LogP contribution is -2.13. The van der Waals surface area contributed by atoms with E-state index in [-0.39, 0.29) is 12.3 Å². The smallest absolute Gasteiger partial charge is 0.303 e. The maximum absolute atomic E-state index is 12.3. The number of carboxylic acids is 1. The van der Waals surface area contributed by atoms with Gasteiger partial charge in [-0.05, 0) is 65.3 Å². The van der Waals surface area contributed by atoms with Crippen molar-refractivity contribution in [2.24, 2.45) is 0 Å². The van der Waals surface area contributed by atoms with Gasteiger partial charge in [0.25, 0.3) is 5.91 Å². The SMILES string of the molecule is O=C(O)CCCc1cccc(NC(=O)c2ccccc2I)c1. The highest BCUT2D eigenvalue weighted by molar-refractivity contribution is 14.1. The third kappa shape index (κ3) is 4.84. The number of aryl methyl sites for hydroxylation is 1. The fraction of sp³-hybridized carbons (Fsp3) is 0.176. The van der Waals surface area contributed by atoms with Gasteiger partial charge in [-0.1, -0.05) is 24.3 Å². The Kier molecular flexibility index (Phi) is 5.94. The largest absolute Gasteiger partial charge is 0.481 e. The van der Waals surface area contributed by atoms with Gasteiger partial charge >= 0.3 is 5.97 Å². The summed E-state index contributed by atoms with van der Waals surface area (Å²) in [7, 11) is 0. The summed E-state index contributed by atoms with van der Waals surface area (Å²) < 4.78 is 0.898. The molecule has 0 atom stereocenters. The average molecular weight is 409 g/mol. The zero-order chi connectivity index (χ0) is 15.9. The molecule has 114 valence electrons. The van der Waals surface area contributed by atoms with Gasteiger partial charge in [0.1, 0.15) is 0 Å². The Labute approximate surface area is 142 Å². The molecule has 2 rings (SSSR count). The lowest BCUT2D eigenvalue weighted by Gasteiger charge is -2.08. The summed E-state index contributed by atoms with van der Waals surface area (Å²) >= 11 is 2.13. The lowest BCUT2D eigenvalue weighted by atomic mass is 10.1. The average Bonchev–Trinajstić information content (AvgIpc) is 2.47. The molecule has 1 amide bonds. The van der Waals surface area contributed by atoms with Gasteiger partial charge in [0, 0.05) is 15.7 Å². The van der Waals surface area contributed by atoms with Crippen LogP contribution < -0.4 is 5.32 Å². The molecular formula is C17H16INO3. The molecule has 0 fully saturated rings. The fourth-order valence-corrected chi connectivity index (χ4v) is 2.72. The predicted octanol–water partition coefficient (Wildman–Crippen LogP) is 3.95. The number of benzene rings is 2. The van der Waals surface area contributed by atoms with Crippen molar-refractivity contribution in [1.29, 1.82) is 0 Å². The number of aliphatic carboxylic acids is 1. The van der Waals surface area contributed by atoms with E-state index in [4.69, 9.17) is 5.11 Å². The van der Waals surface area contributed by atoms with E-state index < -0.39 is 5.97 Å². The minimum absolute atomic E-state index is 0.146. The van der Waals surface area contributed by atoms with E-state index in [1.54, 1.807) is 6.07 Å². The molecule has 0 radical (unpaired) electrons. The first kappa shape index (κ1) is 16.5. The van der Waals surface area contributed by atoms with Gasteiger partial charge in [-0.3, -0.25) is 9.59 Å². The second kappa shape index (κ2) is 7.93. The molecule has 0 aliphatic heterocycles. The Morgan fingerprint density at radius 3 is 2.59 bits per heavy atom. The second-order valence-electron chi connectivity index (χ2n) is 4.88. The van der Waals surface area contributed by atoms with E-state index in [1.807, 2.05) is 42.5 Å². The third-order valence-corrected chi connectivity index (χ3v) is 4.10. The van der Waals surface area contributed by atoms with E-state index in [9.17, 15) is 9.59 Å². The van der Waals surface area contributed by atoms with Crippen molar-refractivity contribution in [3.05, 3.63) is 63.2 Å². The summed E-state index contributed by atoms with van der Waals surface area (Å²) in [5.41, 5.74) is 2.37. The van der Waals surface area contributed by atoms with E-state index >= 15 is 0 Å². The molecule has 2 N–H and O–H groups in total. The van der Waals surface area contributed by atoms with Crippen molar-refractivity contribution in [1.82, 2.24) is 0 Å². The van der Waals surface area contributed by atoms with Gasteiger partial charge in [-0.25, -0.2) is 0 Å². The third-order valence-electron chi connectivity index (χ3n) is 3.16. The van der Waals surface area contributed by atoms with Gasteiger partial charge in [-0.15, -0.1) is 0 Å². The van der Waals surface area contributed by atoms with Crippen LogP contribution in [0.15, 0.2) is 48.5 Å². The van der Waals surface area contributed by atoms with Crippen LogP contribution >= 0.6 is 22.6 Å². The molecule has 0 unspecified atom stereocenters. The number of hydrogen-bond acceptors (Lipinski definition) is 2. The maximum atomic E-state index is 12.3. The number of rotatable bonds is 6. The summed E-state index contributed by atoms with van der Waals surface area (Å²) in [6, 6.07) is 14.9. The van der Waals surface area contributed by atoms with Gasteiger partial charge in [0.05, 0.1) is 5.56 Å². The molecule has 0 saturated heterocycles. The second-order valence-corrected chi connectivity index (χ2v) is 6.04. The summed E-state index contributed by atoms with van der Waals surface area (Å²) in [5, 5.41) is 11.5. The van der Waals surface area contributed by atoms with Gasteiger partial charge in [0.2, 0.25) is 0 Å². The van der Waals surface area contributed by atoms with Crippen LogP contribution in [0.5, 0.6) is 0 Å². The lowest BCUT2D eigenvalue weighted by molar-refractivity contribution is -0.137. The Balaban J connectivity index is 2.02. The van der Waals surface area contributed by atoms with Crippen LogP contribution in [0.3, 0.4) is 0 Å². The number of nitrogens with one attached hydrogen (secondary N) is 1. The Morgan fingerprint density at radius 1 is 1.09 bits per heavy atom. The van der Waals surface area contributed by atoms with Crippen molar-refractivity contribution in [2.75, 3.05) is 5.32 Å². The highest BCUT2D eigenvalue weighted by atomic mass is 127. The first-order chi connectivity index (χ1) is 10.6. The molecule has 0 spiro atoms. The predicted molar refractivity (Wildman–Crippen MR) is 94.1 cm³/mol. The molecule has 0 bridgehead atoms. The summed E-state index contributed by atoms with van der Waals surface area (Å²) in [5.74, 6) is -0.934. The zero-order valence-electron chi connectivity index (χ0n) is 11.9. The molecular weight excluding hydrogens is 393 g/mol. The van der Waals surface area contributed by atoms with Crippen LogP contribution in [0, 0.1) is 3.57 Å². The number of anilines is 1. The van der Waals surface area contributed by atoms with Gasteiger partial charge in [0.15, 0.2) is 0 Å². The first-order valence-electron chi connectivity index (χ1n) is 6.93. The summed E-state index contributed by atoms with van der Waals surface area (Å²) in [6.07, 6.45) is 1.42. The molecule has 0 aliphatic rings. The normalized spacial score (nSPS) is 10.2. The topological polar surface area (TPSA) is 66.4 Å². The van der Waals surface area contributed by atoms with Crippen LogP contribution in [0.1, 0.15) is 28.8 Å². The quantitative estimate of drug-likeness (QED) is 0.711. The summed E-state index contributed by atoms with van der Waals surface area (Å²) in [6.45, 7) is 0. The number of carboxylic acid groups (broad SMARTS) is 1. The molecule has 0 heterocycles. The van der Waals surface area contributed by atoms with Crippen LogP contribution in [0.25, 0.3) is 0 Å². The molecule has 5 heteroatoms. The highest BCUT2D eigenvalue weighted by Crippen LogP contribution is 2.16. The molecule has 0 aliphatic carbocycles. The number of carbonyl (C=O) groups excluding carboxylic acids is 1. The van der Waals surface area contributed by atoms with Crippen molar-refractivity contribution < 1.29 is 14.7 Å². The van der Waals surface area contributed by atoms with Crippen LogP contribution in [-0.2, 0) is 11.2 Å². The molecule has 4 nitrogen and oxygen atoms in total. The maximum Gasteiger partial charge on any atom is 0.303 e. The van der Waals surface area contributed by atoms with Crippen molar-refractivity contribution in [3.8, 4) is 0 Å². The number of hydrogen-bond donors (Lipinski definition) is 2. The summed E-state index contributed by atoms with van der Waals surface area (Å²) in [4.78, 5) is 22.8. The molecule has 0 aromatic heterocycles. The van der Waals surface area contributed by atoms with Crippen molar-refractivity contribution in [2.45, 2.75) is 19.3 Å². The Morgan fingerprint density at radius 2 is 1.86 bits per heavy atom. The standard InChI is InChI=1S/C17H16INO3/c18-15-9-2-1-8-14(15)17(22)19-13-7-3-5-12(11-13)6-4-10-16(20)21/h1-3,5,7-9,11H,4,6,10H2,(H,19,22)(H,20,21). The minimum atomic E-state index is -0.789. The molecule has 2 aromatic rings. The van der Waals surface area contributed by atoms with E-state index in [2.05, 4.69) is 27.9 Å². The number of halogens is 1.